The van der Waals surface area contributed by atoms with E-state index < -0.39 is 0 Å². The van der Waals surface area contributed by atoms with Gasteiger partial charge < -0.3 is 10.6 Å². The van der Waals surface area contributed by atoms with Gasteiger partial charge in [-0.25, -0.2) is 0 Å². The molecule has 1 heterocycles. The Morgan fingerprint density at radius 3 is 2.70 bits per heavy atom. The summed E-state index contributed by atoms with van der Waals surface area (Å²) in [7, 11) is 0. The number of rotatable bonds is 8. The maximum Gasteiger partial charge on any atom is 0.0737 e. The average molecular weight is 327 g/mol. The molecule has 4 heteroatoms. The quantitative estimate of drug-likeness (QED) is 0.718. The van der Waals surface area contributed by atoms with Crippen LogP contribution in [0.5, 0.6) is 0 Å². The van der Waals surface area contributed by atoms with Gasteiger partial charge in [0.05, 0.1) is 5.52 Å². The Morgan fingerprint density at radius 1 is 1.00 bits per heavy atom. The first-order valence-electron chi connectivity index (χ1n) is 8.02. The summed E-state index contributed by atoms with van der Waals surface area (Å²) >= 11 is 6.02. The van der Waals surface area contributed by atoms with Gasteiger partial charge in [-0.05, 0) is 75.3 Å². The first-order valence-corrected chi connectivity index (χ1v) is 8.40. The van der Waals surface area contributed by atoms with Crippen molar-refractivity contribution in [2.45, 2.75) is 12.8 Å². The molecule has 0 atom stereocenters. The van der Waals surface area contributed by atoms with Crippen molar-refractivity contribution in [1.29, 1.82) is 0 Å². The number of nitrogens with zero attached hydrogens (tertiary/aromatic N) is 1. The predicted molar refractivity (Wildman–Crippen MR) is 97.8 cm³/mol. The molecular formula is C19H21ClN3. The second kappa shape index (κ2) is 8.51. The summed E-state index contributed by atoms with van der Waals surface area (Å²) in [5, 5.41) is 8.81. The number of aromatic nitrogens is 1. The van der Waals surface area contributed by atoms with E-state index in [1.807, 2.05) is 30.5 Å². The highest BCUT2D eigenvalue weighted by molar-refractivity contribution is 6.31. The molecule has 1 aromatic heterocycles. The minimum Gasteiger partial charge on any atom is -0.384 e. The minimum absolute atomic E-state index is 0.720. The van der Waals surface area contributed by atoms with Crippen molar-refractivity contribution in [3.8, 4) is 0 Å². The molecule has 2 N–H and O–H groups in total. The van der Waals surface area contributed by atoms with E-state index in [4.69, 9.17) is 11.6 Å². The van der Waals surface area contributed by atoms with Gasteiger partial charge in [-0.15, -0.1) is 0 Å². The zero-order valence-electron chi connectivity index (χ0n) is 13.1. The zero-order valence-corrected chi connectivity index (χ0v) is 13.8. The molecule has 0 saturated heterocycles. The van der Waals surface area contributed by atoms with Gasteiger partial charge in [-0.1, -0.05) is 11.6 Å². The van der Waals surface area contributed by atoms with E-state index in [9.17, 15) is 0 Å². The molecule has 2 aromatic rings. The van der Waals surface area contributed by atoms with E-state index in [1.54, 1.807) is 0 Å². The van der Waals surface area contributed by atoms with Crippen molar-refractivity contribution >= 4 is 28.2 Å². The van der Waals surface area contributed by atoms with Crippen LogP contribution in [0.1, 0.15) is 12.8 Å². The predicted octanol–water partition coefficient (Wildman–Crippen LogP) is 4.08. The van der Waals surface area contributed by atoms with Crippen LogP contribution in [0.4, 0.5) is 5.69 Å². The Hall–Kier alpha value is -1.32. The lowest BCUT2D eigenvalue weighted by Gasteiger charge is -2.11. The number of anilines is 1. The summed E-state index contributed by atoms with van der Waals surface area (Å²) in [6, 6.07) is 7.85. The molecule has 1 fully saturated rings. The maximum absolute atomic E-state index is 6.02. The SMILES string of the molecule is Clc1ccc2c(NCCCCNC[C]3[CH][CH][CH][CH]3)ccnc2c1. The van der Waals surface area contributed by atoms with Gasteiger partial charge in [0, 0.05) is 35.4 Å². The number of unbranched alkanes of at least 4 members (excludes halogenated alkanes) is 1. The molecule has 0 amide bonds. The van der Waals surface area contributed by atoms with Crippen LogP contribution < -0.4 is 10.6 Å². The van der Waals surface area contributed by atoms with Crippen LogP contribution in [-0.4, -0.2) is 24.6 Å². The van der Waals surface area contributed by atoms with Crippen molar-refractivity contribution in [3.63, 3.8) is 0 Å². The highest BCUT2D eigenvalue weighted by Crippen LogP contribution is 2.24. The number of benzene rings is 1. The fourth-order valence-electron chi connectivity index (χ4n) is 2.64. The zero-order chi connectivity index (χ0) is 15.9. The van der Waals surface area contributed by atoms with Crippen molar-refractivity contribution in [2.24, 2.45) is 0 Å². The number of hydrogen-bond donors (Lipinski definition) is 2. The third-order valence-electron chi connectivity index (χ3n) is 3.86. The summed E-state index contributed by atoms with van der Waals surface area (Å²) in [5.41, 5.74) is 2.05. The molecule has 1 saturated carbocycles. The summed E-state index contributed by atoms with van der Waals surface area (Å²) in [6.45, 7) is 2.95. The molecule has 0 aliphatic heterocycles. The molecule has 3 nitrogen and oxygen atoms in total. The van der Waals surface area contributed by atoms with E-state index in [1.165, 1.54) is 5.92 Å². The molecule has 23 heavy (non-hydrogen) atoms. The fourth-order valence-corrected chi connectivity index (χ4v) is 2.80. The molecule has 119 valence electrons. The second-order valence-corrected chi connectivity index (χ2v) is 6.06. The molecule has 0 spiro atoms. The van der Waals surface area contributed by atoms with Gasteiger partial charge in [-0.2, -0.15) is 0 Å². The highest BCUT2D eigenvalue weighted by Gasteiger charge is 2.15. The fraction of sp³-hybridized carbons (Fsp3) is 0.263. The number of halogens is 1. The van der Waals surface area contributed by atoms with Gasteiger partial charge in [0.15, 0.2) is 0 Å². The second-order valence-electron chi connectivity index (χ2n) is 5.62. The Bertz CT molecular complexity index is 623. The molecule has 0 bridgehead atoms. The smallest absolute Gasteiger partial charge is 0.0737 e. The largest absolute Gasteiger partial charge is 0.384 e. The van der Waals surface area contributed by atoms with Crippen molar-refractivity contribution in [1.82, 2.24) is 10.3 Å². The van der Waals surface area contributed by atoms with Crippen LogP contribution in [0.2, 0.25) is 5.02 Å². The third-order valence-corrected chi connectivity index (χ3v) is 4.10. The molecule has 5 radical (unpaired) electrons. The lowest BCUT2D eigenvalue weighted by Crippen LogP contribution is -2.22. The maximum atomic E-state index is 6.02. The molecular weight excluding hydrogens is 306 g/mol. The standard InChI is InChI=1S/C19H21ClN3/c20-16-7-8-17-18(9-12-23-19(17)13-16)22-11-4-3-10-21-14-15-5-1-2-6-15/h1-2,5-9,12-13,21H,3-4,10-11,14H2,(H,22,23). The lowest BCUT2D eigenvalue weighted by atomic mass is 10.1. The van der Waals surface area contributed by atoms with Crippen molar-refractivity contribution in [3.05, 3.63) is 67.1 Å². The van der Waals surface area contributed by atoms with E-state index in [0.29, 0.717) is 0 Å². The summed E-state index contributed by atoms with van der Waals surface area (Å²) in [6.07, 6.45) is 12.6. The Balaban J connectivity index is 1.37. The Morgan fingerprint density at radius 2 is 1.83 bits per heavy atom. The molecule has 0 unspecified atom stereocenters. The number of fused-ring (bicyclic) bond motifs is 1. The summed E-state index contributed by atoms with van der Waals surface area (Å²) in [5.74, 6) is 1.35. The van der Waals surface area contributed by atoms with Gasteiger partial charge in [0.1, 0.15) is 0 Å². The van der Waals surface area contributed by atoms with Crippen LogP contribution in [0.15, 0.2) is 30.5 Å². The Kier molecular flexibility index (Phi) is 6.12. The first-order chi connectivity index (χ1) is 11.3. The van der Waals surface area contributed by atoms with Crippen LogP contribution >= 0.6 is 11.6 Å². The highest BCUT2D eigenvalue weighted by atomic mass is 35.5. The van der Waals surface area contributed by atoms with Gasteiger partial charge in [-0.3, -0.25) is 4.98 Å². The van der Waals surface area contributed by atoms with E-state index in [0.717, 1.165) is 54.1 Å². The number of nitrogens with one attached hydrogen (secondary N) is 2. The van der Waals surface area contributed by atoms with Crippen LogP contribution in [0.25, 0.3) is 10.9 Å². The van der Waals surface area contributed by atoms with Gasteiger partial charge in [0.2, 0.25) is 0 Å². The van der Waals surface area contributed by atoms with Crippen LogP contribution in [0, 0.1) is 31.6 Å². The first kappa shape index (κ1) is 16.5. The number of hydrogen-bond acceptors (Lipinski definition) is 3. The van der Waals surface area contributed by atoms with Crippen molar-refractivity contribution < 1.29 is 0 Å². The molecule has 1 aromatic carbocycles. The molecule has 1 aliphatic carbocycles. The van der Waals surface area contributed by atoms with E-state index >= 15 is 0 Å². The lowest BCUT2D eigenvalue weighted by molar-refractivity contribution is 0.649. The average Bonchev–Trinajstić information content (AvgIpc) is 3.07. The van der Waals surface area contributed by atoms with Crippen LogP contribution in [-0.2, 0) is 0 Å². The van der Waals surface area contributed by atoms with E-state index in [2.05, 4.69) is 41.3 Å². The molecule has 1 aliphatic rings. The number of pyridine rings is 1. The van der Waals surface area contributed by atoms with Gasteiger partial charge >= 0.3 is 0 Å². The third kappa shape index (κ3) is 4.82. The van der Waals surface area contributed by atoms with Crippen LogP contribution in [0.3, 0.4) is 0 Å². The van der Waals surface area contributed by atoms with E-state index in [-0.39, 0.29) is 0 Å². The van der Waals surface area contributed by atoms with Gasteiger partial charge in [0.25, 0.3) is 0 Å². The normalized spacial score (nSPS) is 15.3. The summed E-state index contributed by atoms with van der Waals surface area (Å²) < 4.78 is 0. The molecule has 3 rings (SSSR count). The topological polar surface area (TPSA) is 37.0 Å². The Labute approximate surface area is 143 Å². The van der Waals surface area contributed by atoms with Crippen molar-refractivity contribution in [2.75, 3.05) is 25.0 Å². The summed E-state index contributed by atoms with van der Waals surface area (Å²) in [4.78, 5) is 4.36. The monoisotopic (exact) mass is 326 g/mol. The minimum atomic E-state index is 0.720.